The maximum atomic E-state index is 12.4. The summed E-state index contributed by atoms with van der Waals surface area (Å²) >= 11 is 4.16. The SMILES string of the molecule is COC(=O)CNC(=O)c1ccc2c(c1)nc(C(CCCCN)NC(=O)CCS)n2C1CC1. The van der Waals surface area contributed by atoms with Crippen LogP contribution in [-0.4, -0.2) is 53.3 Å². The van der Waals surface area contributed by atoms with Crippen molar-refractivity contribution >= 4 is 41.4 Å². The number of aromatic nitrogens is 2. The van der Waals surface area contributed by atoms with Crippen molar-refractivity contribution in [2.45, 2.75) is 50.6 Å². The van der Waals surface area contributed by atoms with Crippen molar-refractivity contribution in [2.24, 2.45) is 5.73 Å². The number of nitrogens with one attached hydrogen (secondary N) is 2. The molecule has 1 unspecified atom stereocenters. The minimum Gasteiger partial charge on any atom is -0.468 e. The van der Waals surface area contributed by atoms with Gasteiger partial charge >= 0.3 is 5.97 Å². The van der Waals surface area contributed by atoms with Crippen LogP contribution in [0.25, 0.3) is 11.0 Å². The van der Waals surface area contributed by atoms with Crippen LogP contribution in [0.15, 0.2) is 18.2 Å². The van der Waals surface area contributed by atoms with Crippen molar-refractivity contribution < 1.29 is 19.1 Å². The van der Waals surface area contributed by atoms with Gasteiger partial charge in [0.2, 0.25) is 5.91 Å². The van der Waals surface area contributed by atoms with Crippen molar-refractivity contribution in [1.29, 1.82) is 0 Å². The van der Waals surface area contributed by atoms with E-state index in [1.165, 1.54) is 7.11 Å². The van der Waals surface area contributed by atoms with Crippen molar-refractivity contribution in [2.75, 3.05) is 26.0 Å². The van der Waals surface area contributed by atoms with Crippen LogP contribution in [0.4, 0.5) is 0 Å². The molecule has 174 valence electrons. The smallest absolute Gasteiger partial charge is 0.325 e. The number of carbonyl (C=O) groups is 3. The molecule has 9 nitrogen and oxygen atoms in total. The van der Waals surface area contributed by atoms with Gasteiger partial charge in [-0.2, -0.15) is 12.6 Å². The lowest BCUT2D eigenvalue weighted by atomic mass is 10.1. The van der Waals surface area contributed by atoms with Gasteiger partial charge in [0.15, 0.2) is 0 Å². The number of hydrogen-bond donors (Lipinski definition) is 4. The van der Waals surface area contributed by atoms with Crippen LogP contribution in [0, 0.1) is 0 Å². The lowest BCUT2D eigenvalue weighted by Crippen LogP contribution is -2.30. The zero-order valence-electron chi connectivity index (χ0n) is 18.3. The van der Waals surface area contributed by atoms with E-state index in [4.69, 9.17) is 10.7 Å². The second-order valence-corrected chi connectivity index (χ2v) is 8.36. The average Bonchev–Trinajstić information content (AvgIpc) is 3.55. The number of fused-ring (bicyclic) bond motifs is 1. The normalized spacial score (nSPS) is 14.2. The monoisotopic (exact) mass is 461 g/mol. The van der Waals surface area contributed by atoms with Crippen LogP contribution < -0.4 is 16.4 Å². The standard InChI is InChI=1S/C22H31N5O4S/c1-31-20(29)13-24-22(30)14-5-8-18-17(12-14)26-21(27(18)15-6-7-15)16(4-2-3-10-23)25-19(28)9-11-32/h5,8,12,15-16,32H,2-4,6-7,9-11,13,23H2,1H3,(H,24,30)(H,25,28). The van der Waals surface area contributed by atoms with Gasteiger partial charge in [0.1, 0.15) is 12.4 Å². The quantitative estimate of drug-likeness (QED) is 0.217. The van der Waals surface area contributed by atoms with E-state index in [0.717, 1.165) is 43.4 Å². The Morgan fingerprint density at radius 2 is 2.09 bits per heavy atom. The topological polar surface area (TPSA) is 128 Å². The minimum atomic E-state index is -0.517. The second-order valence-electron chi connectivity index (χ2n) is 7.91. The first-order valence-electron chi connectivity index (χ1n) is 11.0. The van der Waals surface area contributed by atoms with E-state index in [9.17, 15) is 14.4 Å². The Morgan fingerprint density at radius 1 is 1.31 bits per heavy atom. The second kappa shape index (κ2) is 11.3. The van der Waals surface area contributed by atoms with Crippen LogP contribution in [0.2, 0.25) is 0 Å². The largest absolute Gasteiger partial charge is 0.468 e. The molecule has 1 aromatic heterocycles. The summed E-state index contributed by atoms with van der Waals surface area (Å²) in [7, 11) is 1.27. The van der Waals surface area contributed by atoms with Crippen molar-refractivity contribution in [3.05, 3.63) is 29.6 Å². The zero-order valence-corrected chi connectivity index (χ0v) is 19.2. The van der Waals surface area contributed by atoms with Gasteiger partial charge in [-0.15, -0.1) is 0 Å². The van der Waals surface area contributed by atoms with Crippen LogP contribution >= 0.6 is 12.6 Å². The van der Waals surface area contributed by atoms with Crippen LogP contribution in [0.3, 0.4) is 0 Å². The summed E-state index contributed by atoms with van der Waals surface area (Å²) in [5.74, 6) is 0.331. The first-order valence-corrected chi connectivity index (χ1v) is 11.6. The Morgan fingerprint density at radius 3 is 2.75 bits per heavy atom. The number of nitrogens with zero attached hydrogens (tertiary/aromatic N) is 2. The number of unbranched alkanes of at least 4 members (excludes halogenated alkanes) is 1. The Balaban J connectivity index is 1.91. The molecular weight excluding hydrogens is 430 g/mol. The predicted octanol–water partition coefficient (Wildman–Crippen LogP) is 1.88. The molecule has 4 N–H and O–H groups in total. The van der Waals surface area contributed by atoms with Crippen molar-refractivity contribution in [3.8, 4) is 0 Å². The lowest BCUT2D eigenvalue weighted by molar-refractivity contribution is -0.139. The number of ether oxygens (including phenoxy) is 1. The summed E-state index contributed by atoms with van der Waals surface area (Å²) in [6.45, 7) is 0.399. The maximum Gasteiger partial charge on any atom is 0.325 e. The summed E-state index contributed by atoms with van der Waals surface area (Å²) < 4.78 is 6.75. The van der Waals surface area contributed by atoms with Gasteiger partial charge in [-0.05, 0) is 62.6 Å². The van der Waals surface area contributed by atoms with E-state index in [1.54, 1.807) is 12.1 Å². The lowest BCUT2D eigenvalue weighted by Gasteiger charge is -2.20. The number of hydrogen-bond acceptors (Lipinski definition) is 7. The molecule has 0 aliphatic heterocycles. The van der Waals surface area contributed by atoms with Gasteiger partial charge in [0, 0.05) is 18.0 Å². The molecule has 1 heterocycles. The van der Waals surface area contributed by atoms with Gasteiger partial charge in [-0.1, -0.05) is 0 Å². The highest BCUT2D eigenvalue weighted by Crippen LogP contribution is 2.40. The fraction of sp³-hybridized carbons (Fsp3) is 0.545. The van der Waals surface area contributed by atoms with Gasteiger partial charge < -0.3 is 25.7 Å². The van der Waals surface area contributed by atoms with E-state index < -0.39 is 5.97 Å². The molecule has 0 saturated heterocycles. The molecule has 2 aromatic rings. The fourth-order valence-electron chi connectivity index (χ4n) is 3.67. The third-order valence-electron chi connectivity index (χ3n) is 5.44. The summed E-state index contributed by atoms with van der Waals surface area (Å²) in [5, 5.41) is 5.66. The maximum absolute atomic E-state index is 12.4. The molecule has 32 heavy (non-hydrogen) atoms. The first kappa shape index (κ1) is 24.1. The number of benzene rings is 1. The fourth-order valence-corrected chi connectivity index (χ4v) is 3.88. The molecule has 1 fully saturated rings. The van der Waals surface area contributed by atoms with Crippen molar-refractivity contribution in [1.82, 2.24) is 20.2 Å². The molecule has 0 radical (unpaired) electrons. The predicted molar refractivity (Wildman–Crippen MR) is 125 cm³/mol. The van der Waals surface area contributed by atoms with Crippen molar-refractivity contribution in [3.63, 3.8) is 0 Å². The van der Waals surface area contributed by atoms with Crippen LogP contribution in [0.1, 0.15) is 66.8 Å². The van der Waals surface area contributed by atoms with Crippen LogP contribution in [0.5, 0.6) is 0 Å². The molecule has 1 aromatic carbocycles. The summed E-state index contributed by atoms with van der Waals surface area (Å²) in [6.07, 6.45) is 4.92. The van der Waals surface area contributed by atoms with E-state index >= 15 is 0 Å². The van der Waals surface area contributed by atoms with Gasteiger partial charge in [0.05, 0.1) is 24.2 Å². The third kappa shape index (κ3) is 6.01. The Kier molecular flexibility index (Phi) is 8.52. The number of imidazole rings is 1. The highest BCUT2D eigenvalue weighted by Gasteiger charge is 2.31. The molecule has 10 heteroatoms. The highest BCUT2D eigenvalue weighted by molar-refractivity contribution is 7.80. The van der Waals surface area contributed by atoms with Gasteiger partial charge in [0.25, 0.3) is 5.91 Å². The molecule has 2 amide bonds. The number of esters is 1. The molecule has 1 saturated carbocycles. The summed E-state index contributed by atoms with van der Waals surface area (Å²) in [4.78, 5) is 41.0. The molecule has 0 spiro atoms. The number of thiol groups is 1. The average molecular weight is 462 g/mol. The number of nitrogens with two attached hydrogens (primary N) is 1. The highest BCUT2D eigenvalue weighted by atomic mass is 32.1. The van der Waals surface area contributed by atoms with Gasteiger partial charge in [-0.3, -0.25) is 14.4 Å². The van der Waals surface area contributed by atoms with E-state index in [0.29, 0.717) is 35.8 Å². The number of carbonyl (C=O) groups excluding carboxylic acids is 3. The molecule has 1 aliphatic carbocycles. The summed E-state index contributed by atoms with van der Waals surface area (Å²) in [5.41, 5.74) is 7.69. The van der Waals surface area contributed by atoms with E-state index in [2.05, 4.69) is 32.6 Å². The third-order valence-corrected chi connectivity index (χ3v) is 5.67. The molecule has 1 atom stereocenters. The number of rotatable bonds is 12. The first-order chi connectivity index (χ1) is 15.5. The van der Waals surface area contributed by atoms with E-state index in [1.807, 2.05) is 6.07 Å². The van der Waals surface area contributed by atoms with E-state index in [-0.39, 0.29) is 24.4 Å². The molecule has 3 rings (SSSR count). The molecular formula is C22H31N5O4S. The summed E-state index contributed by atoms with van der Waals surface area (Å²) in [6, 6.07) is 5.43. The number of methoxy groups -OCH3 is 1. The molecule has 1 aliphatic rings. The van der Waals surface area contributed by atoms with Crippen LogP contribution in [-0.2, 0) is 14.3 Å². The Bertz CT molecular complexity index is 973. The van der Waals surface area contributed by atoms with Gasteiger partial charge in [-0.25, -0.2) is 4.98 Å². The number of amides is 2. The minimum absolute atomic E-state index is 0.0602. The zero-order chi connectivity index (χ0) is 23.1. The Labute approximate surface area is 192 Å². The Hall–Kier alpha value is -2.59. The molecule has 0 bridgehead atoms.